The third-order valence-corrected chi connectivity index (χ3v) is 2.58. The van der Waals surface area contributed by atoms with Crippen LogP contribution in [0.2, 0.25) is 0 Å². The summed E-state index contributed by atoms with van der Waals surface area (Å²) in [5.41, 5.74) is 7.04. The monoisotopic (exact) mass is 354 g/mol. The molecule has 0 radical (unpaired) electrons. The number of rotatable bonds is 7. The molecule has 0 aliphatic rings. The van der Waals surface area contributed by atoms with Crippen molar-refractivity contribution < 1.29 is 14.9 Å². The highest BCUT2D eigenvalue weighted by molar-refractivity contribution is 5.64. The van der Waals surface area contributed by atoms with Crippen LogP contribution in [0.3, 0.4) is 0 Å². The number of nitro groups is 3. The molecule has 2 aromatic heterocycles. The smallest absolute Gasteiger partial charge is 0.358 e. The maximum atomic E-state index is 11.1. The van der Waals surface area contributed by atoms with E-state index in [1.807, 2.05) is 0 Å². The molecule has 130 valence electrons. The molecule has 0 spiro atoms. The van der Waals surface area contributed by atoms with Gasteiger partial charge in [0.15, 0.2) is 5.62 Å². The quantitative estimate of drug-likeness (QED) is 0.192. The number of hydrogen-bond donors (Lipinski definition) is 0. The molecule has 0 aliphatic carbocycles. The Morgan fingerprint density at radius 2 is 1.84 bits per heavy atom. The molecule has 0 aromatic carbocycles. The lowest BCUT2D eigenvalue weighted by Gasteiger charge is -2.01. The van der Waals surface area contributed by atoms with Crippen LogP contribution in [0.4, 0.5) is 17.3 Å². The fourth-order valence-electron chi connectivity index (χ4n) is 1.70. The van der Waals surface area contributed by atoms with E-state index in [2.05, 4.69) is 35.8 Å². The molecule has 2 aromatic rings. The summed E-state index contributed by atoms with van der Waals surface area (Å²) in [4.78, 5) is 32.6. The molecule has 0 bridgehead atoms. The molecule has 0 N–H and O–H groups in total. The van der Waals surface area contributed by atoms with Gasteiger partial charge in [-0.2, -0.15) is 0 Å². The molecular formula is C6H4N13O6-. The summed E-state index contributed by atoms with van der Waals surface area (Å²) >= 11 is 0. The largest absolute Gasteiger partial charge is 0.430 e. The van der Waals surface area contributed by atoms with Crippen LogP contribution >= 0.6 is 0 Å². The van der Waals surface area contributed by atoms with Crippen LogP contribution in [0, 0.1) is 30.3 Å². The van der Waals surface area contributed by atoms with Crippen molar-refractivity contribution in [1.82, 2.24) is 30.0 Å². The van der Waals surface area contributed by atoms with Crippen LogP contribution in [-0.4, -0.2) is 39.8 Å². The first-order valence-electron chi connectivity index (χ1n) is 5.92. The normalized spacial score (nSPS) is 11.1. The SMILES string of the molecule is [N-]=[N+]=Nc1c([N+](=O)[O-])nn(CCn2nn[n-]/c2=N\[N+](=O)[O-])c1[N+](=O)[O-]. The Hall–Kier alpha value is -4.41. The lowest BCUT2D eigenvalue weighted by Crippen LogP contribution is -2.25. The highest BCUT2D eigenvalue weighted by atomic mass is 16.7. The van der Waals surface area contributed by atoms with Crippen LogP contribution in [0.15, 0.2) is 10.2 Å². The Balaban J connectivity index is 2.44. The Morgan fingerprint density at radius 1 is 1.16 bits per heavy atom. The first-order valence-corrected chi connectivity index (χ1v) is 5.92. The number of aromatic nitrogens is 6. The van der Waals surface area contributed by atoms with Gasteiger partial charge in [0.1, 0.15) is 16.7 Å². The topological polar surface area (TPSA) is 253 Å². The van der Waals surface area contributed by atoms with E-state index in [4.69, 9.17) is 5.53 Å². The van der Waals surface area contributed by atoms with Crippen molar-refractivity contribution in [3.8, 4) is 0 Å². The third-order valence-electron chi connectivity index (χ3n) is 2.58. The van der Waals surface area contributed by atoms with Gasteiger partial charge < -0.3 is 24.9 Å². The van der Waals surface area contributed by atoms with E-state index in [1.165, 1.54) is 0 Å². The van der Waals surface area contributed by atoms with E-state index in [0.29, 0.717) is 4.68 Å². The zero-order chi connectivity index (χ0) is 18.6. The van der Waals surface area contributed by atoms with Crippen molar-refractivity contribution >= 4 is 17.3 Å². The zero-order valence-electron chi connectivity index (χ0n) is 11.7. The van der Waals surface area contributed by atoms with Gasteiger partial charge in [-0.3, -0.25) is 0 Å². The first kappa shape index (κ1) is 17.0. The molecule has 19 heteroatoms. The summed E-state index contributed by atoms with van der Waals surface area (Å²) in [5, 5.41) is 50.3. The molecule has 25 heavy (non-hydrogen) atoms. The fraction of sp³-hybridized carbons (Fsp3) is 0.333. The van der Waals surface area contributed by atoms with E-state index >= 15 is 0 Å². The molecule has 0 aliphatic heterocycles. The number of nitrogens with zero attached hydrogens (tertiary/aromatic N) is 13. The van der Waals surface area contributed by atoms with Crippen LogP contribution in [0.5, 0.6) is 0 Å². The minimum atomic E-state index is -1.06. The van der Waals surface area contributed by atoms with E-state index in [9.17, 15) is 30.3 Å². The van der Waals surface area contributed by atoms with Gasteiger partial charge in [-0.25, -0.2) is 20.4 Å². The molecular weight excluding hydrogens is 350 g/mol. The second-order valence-corrected chi connectivity index (χ2v) is 3.96. The van der Waals surface area contributed by atoms with Crippen molar-refractivity contribution in [1.29, 1.82) is 0 Å². The zero-order valence-corrected chi connectivity index (χ0v) is 11.7. The van der Waals surface area contributed by atoms with Crippen LogP contribution in [-0.2, 0) is 13.1 Å². The van der Waals surface area contributed by atoms with Crippen molar-refractivity contribution in [2.45, 2.75) is 13.1 Å². The third kappa shape index (κ3) is 3.50. The number of azide groups is 1. The molecule has 0 fully saturated rings. The molecule has 0 amide bonds. The summed E-state index contributed by atoms with van der Waals surface area (Å²) in [6, 6.07) is 0. The average Bonchev–Trinajstić information content (AvgIpc) is 3.09. The molecule has 0 saturated carbocycles. The number of aryl methyl sites for hydroxylation is 2. The predicted molar refractivity (Wildman–Crippen MR) is 70.2 cm³/mol. The van der Waals surface area contributed by atoms with Crippen LogP contribution < -0.4 is 10.7 Å². The lowest BCUT2D eigenvalue weighted by molar-refractivity contribution is -0.491. The minimum Gasteiger partial charge on any atom is -0.358 e. The van der Waals surface area contributed by atoms with Crippen molar-refractivity contribution in [3.05, 3.63) is 46.4 Å². The second-order valence-electron chi connectivity index (χ2n) is 3.96. The van der Waals surface area contributed by atoms with E-state index in [0.717, 1.165) is 4.68 Å². The maximum Gasteiger partial charge on any atom is 0.430 e. The van der Waals surface area contributed by atoms with Gasteiger partial charge in [-0.15, -0.1) is 5.21 Å². The fourth-order valence-corrected chi connectivity index (χ4v) is 1.70. The molecule has 2 heterocycles. The number of hydrogen-bond acceptors (Lipinski definition) is 10. The predicted octanol–water partition coefficient (Wildman–Crippen LogP) is -1.02. The standard InChI is InChI=1S/C6H4N13O6/c7-12-8-3-4(17(20)21)10-15(5(3)18(22)23)1-2-16-6(9-13-14-16)11-19(24)25/h1-2H2/q-1. The highest BCUT2D eigenvalue weighted by Crippen LogP contribution is 2.36. The molecule has 0 atom stereocenters. The van der Waals surface area contributed by atoms with Crippen LogP contribution in [0.1, 0.15) is 0 Å². The Labute approximate surface area is 133 Å². The van der Waals surface area contributed by atoms with Gasteiger partial charge in [0, 0.05) is 11.5 Å². The Kier molecular flexibility index (Phi) is 4.60. The minimum absolute atomic E-state index is 0.297. The van der Waals surface area contributed by atoms with E-state index < -0.39 is 44.4 Å². The molecule has 2 rings (SSSR count). The van der Waals surface area contributed by atoms with Gasteiger partial charge in [0.25, 0.3) is 0 Å². The maximum absolute atomic E-state index is 11.1. The summed E-state index contributed by atoms with van der Waals surface area (Å²) in [7, 11) is 0. The average molecular weight is 354 g/mol. The lowest BCUT2D eigenvalue weighted by atomic mass is 10.5. The Bertz CT molecular complexity index is 958. The van der Waals surface area contributed by atoms with E-state index in [-0.39, 0.29) is 6.54 Å². The second kappa shape index (κ2) is 6.78. The van der Waals surface area contributed by atoms with Crippen LogP contribution in [0.25, 0.3) is 10.4 Å². The summed E-state index contributed by atoms with van der Waals surface area (Å²) in [6.07, 6.45) is 0. The Morgan fingerprint density at radius 3 is 2.40 bits per heavy atom. The summed E-state index contributed by atoms with van der Waals surface area (Å²) in [5.74, 6) is -1.94. The van der Waals surface area contributed by atoms with E-state index in [1.54, 1.807) is 0 Å². The van der Waals surface area contributed by atoms with Gasteiger partial charge in [0.2, 0.25) is 5.69 Å². The molecule has 19 nitrogen and oxygen atoms in total. The van der Waals surface area contributed by atoms with Crippen molar-refractivity contribution in [2.24, 2.45) is 10.2 Å². The van der Waals surface area contributed by atoms with Crippen molar-refractivity contribution in [2.75, 3.05) is 0 Å². The molecule has 0 unspecified atom stereocenters. The highest BCUT2D eigenvalue weighted by Gasteiger charge is 2.36. The van der Waals surface area contributed by atoms with Gasteiger partial charge in [-0.05, 0) is 30.3 Å². The van der Waals surface area contributed by atoms with Crippen molar-refractivity contribution in [3.63, 3.8) is 0 Å². The van der Waals surface area contributed by atoms with Gasteiger partial charge >= 0.3 is 11.6 Å². The molecule has 0 saturated heterocycles. The number of tetrazole rings is 1. The first-order chi connectivity index (χ1) is 11.8. The summed E-state index contributed by atoms with van der Waals surface area (Å²) < 4.78 is 1.41. The van der Waals surface area contributed by atoms with Gasteiger partial charge in [0.05, 0.1) is 0 Å². The summed E-state index contributed by atoms with van der Waals surface area (Å²) in [6.45, 7) is -0.696. The van der Waals surface area contributed by atoms with Gasteiger partial charge in [-0.1, -0.05) is 0 Å².